The zero-order chi connectivity index (χ0) is 15.0. The van der Waals surface area contributed by atoms with Crippen molar-refractivity contribution in [3.05, 3.63) is 42.5 Å². The average molecular weight is 301 g/mol. The van der Waals surface area contributed by atoms with Gasteiger partial charge in [0.05, 0.1) is 16.2 Å². The number of rotatable bonds is 3. The molecule has 3 aromatic rings. The highest BCUT2D eigenvalue weighted by atomic mass is 32.2. The summed E-state index contributed by atoms with van der Waals surface area (Å²) in [6.45, 7) is 1.64. The number of nitrogens with one attached hydrogen (secondary N) is 1. The molecule has 0 saturated heterocycles. The van der Waals surface area contributed by atoms with Gasteiger partial charge in [-0.2, -0.15) is 5.10 Å². The fourth-order valence-electron chi connectivity index (χ4n) is 2.24. The van der Waals surface area contributed by atoms with Crippen LogP contribution in [0.15, 0.2) is 47.4 Å². The number of aromatic nitrogens is 2. The number of anilines is 1. The largest absolute Gasteiger partial charge is 0.382 e. The molecular formula is C15H15N3O2S. The lowest BCUT2D eigenvalue weighted by Gasteiger charge is -2.05. The van der Waals surface area contributed by atoms with E-state index in [1.165, 1.54) is 0 Å². The lowest BCUT2D eigenvalue weighted by Crippen LogP contribution is -2.03. The molecule has 0 aliphatic carbocycles. The maximum Gasteiger partial charge on any atom is 0.178 e. The molecule has 0 atom stereocenters. The van der Waals surface area contributed by atoms with E-state index in [0.29, 0.717) is 10.7 Å². The predicted molar refractivity (Wildman–Crippen MR) is 83.7 cm³/mol. The average Bonchev–Trinajstić information content (AvgIpc) is 2.88. The van der Waals surface area contributed by atoms with E-state index in [2.05, 4.69) is 10.2 Å². The van der Waals surface area contributed by atoms with Crippen LogP contribution in [0.2, 0.25) is 0 Å². The Morgan fingerprint density at radius 3 is 2.43 bits per heavy atom. The number of nitrogens with two attached hydrogens (primary N) is 1. The number of fused-ring (bicyclic) bond motifs is 1. The summed E-state index contributed by atoms with van der Waals surface area (Å²) in [5.41, 5.74) is 8.52. The molecule has 0 saturated carbocycles. The Labute approximate surface area is 122 Å². The van der Waals surface area contributed by atoms with E-state index < -0.39 is 9.84 Å². The van der Waals surface area contributed by atoms with Gasteiger partial charge in [0.2, 0.25) is 0 Å². The van der Waals surface area contributed by atoms with Crippen LogP contribution in [0.5, 0.6) is 0 Å². The van der Waals surface area contributed by atoms with Crippen LogP contribution in [0.1, 0.15) is 6.92 Å². The van der Waals surface area contributed by atoms with Crippen LogP contribution in [-0.4, -0.2) is 24.4 Å². The van der Waals surface area contributed by atoms with E-state index in [4.69, 9.17) is 5.73 Å². The van der Waals surface area contributed by atoms with Gasteiger partial charge in [-0.05, 0) is 35.4 Å². The van der Waals surface area contributed by atoms with E-state index in [1.54, 1.807) is 19.1 Å². The van der Waals surface area contributed by atoms with E-state index in [0.717, 1.165) is 22.0 Å². The second-order valence-electron chi connectivity index (χ2n) is 4.80. The van der Waals surface area contributed by atoms with Gasteiger partial charge in [-0.25, -0.2) is 8.42 Å². The van der Waals surface area contributed by atoms with E-state index in [-0.39, 0.29) is 5.75 Å². The van der Waals surface area contributed by atoms with Crippen molar-refractivity contribution >= 4 is 26.6 Å². The Morgan fingerprint density at radius 2 is 1.76 bits per heavy atom. The van der Waals surface area contributed by atoms with Crippen LogP contribution in [0.4, 0.5) is 5.82 Å². The number of nitrogens with zero attached hydrogens (tertiary/aromatic N) is 1. The fraction of sp³-hybridized carbons (Fsp3) is 0.133. The molecule has 0 amide bonds. The van der Waals surface area contributed by atoms with Gasteiger partial charge in [-0.3, -0.25) is 5.10 Å². The first-order valence-corrected chi connectivity index (χ1v) is 8.23. The van der Waals surface area contributed by atoms with Crippen molar-refractivity contribution in [1.29, 1.82) is 0 Å². The molecule has 0 aliphatic heterocycles. The second kappa shape index (κ2) is 4.89. The molecule has 1 aromatic heterocycles. The van der Waals surface area contributed by atoms with E-state index in [9.17, 15) is 8.42 Å². The number of nitrogen functional groups attached to an aromatic ring is 1. The van der Waals surface area contributed by atoms with Crippen LogP contribution in [0, 0.1) is 0 Å². The Balaban J connectivity index is 2.03. The van der Waals surface area contributed by atoms with Gasteiger partial charge in [0, 0.05) is 5.39 Å². The van der Waals surface area contributed by atoms with Crippen LogP contribution < -0.4 is 5.73 Å². The summed E-state index contributed by atoms with van der Waals surface area (Å²) >= 11 is 0. The van der Waals surface area contributed by atoms with Crippen molar-refractivity contribution in [2.45, 2.75) is 11.8 Å². The number of hydrogen-bond donors (Lipinski definition) is 2. The maximum atomic E-state index is 11.8. The standard InChI is InChI=1S/C15H15N3O2S/c1-2-21(19,20)12-6-3-10(4-7-12)11-5-8-13-14(9-11)17-18-15(13)16/h3-9H,2H2,1H3,(H3,16,17,18). The summed E-state index contributed by atoms with van der Waals surface area (Å²) in [4.78, 5) is 0.348. The topological polar surface area (TPSA) is 88.8 Å². The zero-order valence-electron chi connectivity index (χ0n) is 11.5. The normalized spacial score (nSPS) is 11.9. The highest BCUT2D eigenvalue weighted by Gasteiger charge is 2.11. The highest BCUT2D eigenvalue weighted by Crippen LogP contribution is 2.26. The second-order valence-corrected chi connectivity index (χ2v) is 7.08. The minimum atomic E-state index is -3.16. The predicted octanol–water partition coefficient (Wildman–Crippen LogP) is 2.61. The lowest BCUT2D eigenvalue weighted by atomic mass is 10.0. The number of aromatic amines is 1. The van der Waals surface area contributed by atoms with Crippen molar-refractivity contribution in [3.8, 4) is 11.1 Å². The van der Waals surface area contributed by atoms with Gasteiger partial charge in [-0.1, -0.05) is 25.1 Å². The molecule has 0 spiro atoms. The highest BCUT2D eigenvalue weighted by molar-refractivity contribution is 7.91. The first-order chi connectivity index (χ1) is 10.0. The molecule has 0 bridgehead atoms. The molecule has 5 nitrogen and oxygen atoms in total. The molecule has 2 aromatic carbocycles. The Hall–Kier alpha value is -2.34. The Bertz CT molecular complexity index is 896. The van der Waals surface area contributed by atoms with Gasteiger partial charge < -0.3 is 5.73 Å². The molecule has 0 radical (unpaired) electrons. The van der Waals surface area contributed by atoms with Gasteiger partial charge in [0.25, 0.3) is 0 Å². The van der Waals surface area contributed by atoms with Crippen LogP contribution in [-0.2, 0) is 9.84 Å². The number of hydrogen-bond acceptors (Lipinski definition) is 4. The first-order valence-electron chi connectivity index (χ1n) is 6.58. The maximum absolute atomic E-state index is 11.8. The third kappa shape index (κ3) is 2.38. The summed E-state index contributed by atoms with van der Waals surface area (Å²) in [5, 5.41) is 7.71. The van der Waals surface area contributed by atoms with Crippen molar-refractivity contribution in [3.63, 3.8) is 0 Å². The summed E-state index contributed by atoms with van der Waals surface area (Å²) in [7, 11) is -3.16. The van der Waals surface area contributed by atoms with Crippen LogP contribution in [0.3, 0.4) is 0 Å². The quantitative estimate of drug-likeness (QED) is 0.778. The van der Waals surface area contributed by atoms with Crippen LogP contribution >= 0.6 is 0 Å². The van der Waals surface area contributed by atoms with Gasteiger partial charge in [-0.15, -0.1) is 0 Å². The minimum Gasteiger partial charge on any atom is -0.382 e. The molecule has 108 valence electrons. The monoisotopic (exact) mass is 301 g/mol. The Morgan fingerprint density at radius 1 is 1.10 bits per heavy atom. The molecule has 0 fully saturated rings. The van der Waals surface area contributed by atoms with Gasteiger partial charge >= 0.3 is 0 Å². The summed E-state index contributed by atoms with van der Waals surface area (Å²) in [6, 6.07) is 12.7. The fourth-order valence-corrected chi connectivity index (χ4v) is 3.13. The van der Waals surface area contributed by atoms with Crippen molar-refractivity contribution in [2.75, 3.05) is 11.5 Å². The molecule has 1 heterocycles. The molecular weight excluding hydrogens is 286 g/mol. The zero-order valence-corrected chi connectivity index (χ0v) is 12.3. The number of sulfone groups is 1. The van der Waals surface area contributed by atoms with Gasteiger partial charge in [0.1, 0.15) is 0 Å². The smallest absolute Gasteiger partial charge is 0.178 e. The Kier molecular flexibility index (Phi) is 3.17. The van der Waals surface area contributed by atoms with Crippen molar-refractivity contribution < 1.29 is 8.42 Å². The molecule has 3 N–H and O–H groups in total. The summed E-state index contributed by atoms with van der Waals surface area (Å²) in [5.74, 6) is 0.576. The third-order valence-electron chi connectivity index (χ3n) is 3.52. The summed E-state index contributed by atoms with van der Waals surface area (Å²) < 4.78 is 23.6. The number of benzene rings is 2. The SMILES string of the molecule is CCS(=O)(=O)c1ccc(-c2ccc3c(N)n[nH]c3c2)cc1. The summed E-state index contributed by atoms with van der Waals surface area (Å²) in [6.07, 6.45) is 0. The first kappa shape index (κ1) is 13.6. The molecule has 0 aliphatic rings. The van der Waals surface area contributed by atoms with Crippen molar-refractivity contribution in [1.82, 2.24) is 10.2 Å². The number of H-pyrrole nitrogens is 1. The molecule has 0 unspecified atom stereocenters. The lowest BCUT2D eigenvalue weighted by molar-refractivity contribution is 0.597. The molecule has 3 rings (SSSR count). The van der Waals surface area contributed by atoms with E-state index in [1.807, 2.05) is 30.3 Å². The molecule has 6 heteroatoms. The third-order valence-corrected chi connectivity index (χ3v) is 5.27. The minimum absolute atomic E-state index is 0.103. The molecule has 21 heavy (non-hydrogen) atoms. The van der Waals surface area contributed by atoms with Crippen LogP contribution in [0.25, 0.3) is 22.0 Å². The van der Waals surface area contributed by atoms with Gasteiger partial charge in [0.15, 0.2) is 15.7 Å². The van der Waals surface area contributed by atoms with E-state index >= 15 is 0 Å². The van der Waals surface area contributed by atoms with Crippen molar-refractivity contribution in [2.24, 2.45) is 0 Å².